The third-order valence-electron chi connectivity index (χ3n) is 2.83. The van der Waals surface area contributed by atoms with Crippen LogP contribution in [0.5, 0.6) is 5.75 Å². The van der Waals surface area contributed by atoms with Crippen LogP contribution in [0.2, 0.25) is 0 Å². The van der Waals surface area contributed by atoms with Crippen molar-refractivity contribution in [2.24, 2.45) is 0 Å². The SMILES string of the molecule is CCn1cc(COc2c(Br)cc(CNC)cc2Br)cn1. The molecule has 6 heteroatoms. The summed E-state index contributed by atoms with van der Waals surface area (Å²) >= 11 is 7.11. The van der Waals surface area contributed by atoms with Crippen LogP contribution in [0, 0.1) is 0 Å². The number of benzene rings is 1. The highest BCUT2D eigenvalue weighted by atomic mass is 79.9. The second-order valence-corrected chi connectivity index (χ2v) is 6.12. The fraction of sp³-hybridized carbons (Fsp3) is 0.357. The molecule has 0 fully saturated rings. The number of nitrogens with one attached hydrogen (secondary N) is 1. The van der Waals surface area contributed by atoms with Gasteiger partial charge in [-0.3, -0.25) is 4.68 Å². The maximum absolute atomic E-state index is 5.88. The van der Waals surface area contributed by atoms with Gasteiger partial charge in [0, 0.05) is 24.8 Å². The van der Waals surface area contributed by atoms with E-state index in [0.717, 1.165) is 33.3 Å². The summed E-state index contributed by atoms with van der Waals surface area (Å²) in [5, 5.41) is 7.37. The molecule has 1 N–H and O–H groups in total. The zero-order chi connectivity index (χ0) is 14.5. The highest BCUT2D eigenvalue weighted by Crippen LogP contribution is 2.35. The minimum absolute atomic E-state index is 0.503. The van der Waals surface area contributed by atoms with E-state index >= 15 is 0 Å². The minimum atomic E-state index is 0.503. The van der Waals surface area contributed by atoms with E-state index in [4.69, 9.17) is 4.74 Å². The van der Waals surface area contributed by atoms with Gasteiger partial charge in [-0.25, -0.2) is 0 Å². The van der Waals surface area contributed by atoms with Gasteiger partial charge in [0.15, 0.2) is 0 Å². The van der Waals surface area contributed by atoms with Gasteiger partial charge in [-0.1, -0.05) is 0 Å². The topological polar surface area (TPSA) is 39.1 Å². The molecule has 1 aromatic heterocycles. The Bertz CT molecular complexity index is 561. The highest BCUT2D eigenvalue weighted by molar-refractivity contribution is 9.11. The number of ether oxygens (including phenoxy) is 1. The van der Waals surface area contributed by atoms with Gasteiger partial charge in [0.1, 0.15) is 12.4 Å². The molecular weight excluding hydrogens is 386 g/mol. The Morgan fingerprint density at radius 2 is 1.95 bits per heavy atom. The van der Waals surface area contributed by atoms with Crippen LogP contribution in [-0.4, -0.2) is 16.8 Å². The van der Waals surface area contributed by atoms with Crippen LogP contribution in [0.1, 0.15) is 18.1 Å². The van der Waals surface area contributed by atoms with Crippen molar-refractivity contribution in [1.29, 1.82) is 0 Å². The van der Waals surface area contributed by atoms with Gasteiger partial charge < -0.3 is 10.1 Å². The summed E-state index contributed by atoms with van der Waals surface area (Å²) in [6, 6.07) is 4.12. The van der Waals surface area contributed by atoms with Gasteiger partial charge >= 0.3 is 0 Å². The number of hydrogen-bond donors (Lipinski definition) is 1. The summed E-state index contributed by atoms with van der Waals surface area (Å²) < 4.78 is 9.65. The first-order valence-corrected chi connectivity index (χ1v) is 7.99. The van der Waals surface area contributed by atoms with Crippen LogP contribution >= 0.6 is 31.9 Å². The summed E-state index contributed by atoms with van der Waals surface area (Å²) in [7, 11) is 1.93. The van der Waals surface area contributed by atoms with E-state index in [1.165, 1.54) is 5.56 Å². The maximum Gasteiger partial charge on any atom is 0.148 e. The molecule has 0 unspecified atom stereocenters. The van der Waals surface area contributed by atoms with E-state index in [1.807, 2.05) is 24.1 Å². The van der Waals surface area contributed by atoms with E-state index in [0.29, 0.717) is 6.61 Å². The van der Waals surface area contributed by atoms with E-state index in [2.05, 4.69) is 61.3 Å². The molecule has 0 saturated carbocycles. The van der Waals surface area contributed by atoms with Crippen molar-refractivity contribution in [2.75, 3.05) is 7.05 Å². The molecule has 1 heterocycles. The Morgan fingerprint density at radius 3 is 2.50 bits per heavy atom. The van der Waals surface area contributed by atoms with Gasteiger partial charge in [-0.2, -0.15) is 5.10 Å². The lowest BCUT2D eigenvalue weighted by Gasteiger charge is -2.11. The molecule has 0 radical (unpaired) electrons. The van der Waals surface area contributed by atoms with E-state index < -0.39 is 0 Å². The molecule has 0 aliphatic heterocycles. The molecule has 108 valence electrons. The number of hydrogen-bond acceptors (Lipinski definition) is 3. The van der Waals surface area contributed by atoms with Gasteiger partial charge in [0.25, 0.3) is 0 Å². The van der Waals surface area contributed by atoms with Gasteiger partial charge in [-0.05, 0) is 63.5 Å². The number of aryl methyl sites for hydroxylation is 1. The summed E-state index contributed by atoms with van der Waals surface area (Å²) in [5.74, 6) is 0.814. The lowest BCUT2D eigenvalue weighted by atomic mass is 10.2. The lowest BCUT2D eigenvalue weighted by molar-refractivity contribution is 0.302. The average molecular weight is 403 g/mol. The van der Waals surface area contributed by atoms with Crippen molar-refractivity contribution in [3.05, 3.63) is 44.6 Å². The molecule has 0 aliphatic carbocycles. The quantitative estimate of drug-likeness (QED) is 0.800. The molecule has 20 heavy (non-hydrogen) atoms. The van der Waals surface area contributed by atoms with E-state index in [1.54, 1.807) is 0 Å². The Hall–Kier alpha value is -0.850. The van der Waals surface area contributed by atoms with Crippen LogP contribution in [-0.2, 0) is 19.7 Å². The molecule has 0 amide bonds. The summed E-state index contributed by atoms with van der Waals surface area (Å²) in [6.07, 6.45) is 3.83. The Labute approximate surface area is 135 Å². The van der Waals surface area contributed by atoms with Crippen LogP contribution in [0.15, 0.2) is 33.5 Å². The van der Waals surface area contributed by atoms with E-state index in [9.17, 15) is 0 Å². The second-order valence-electron chi connectivity index (χ2n) is 4.41. The van der Waals surface area contributed by atoms with Crippen molar-refractivity contribution in [3.63, 3.8) is 0 Å². The molecule has 0 saturated heterocycles. The standard InChI is InChI=1S/C14H17Br2N3O/c1-3-19-8-11(7-18-19)9-20-14-12(15)4-10(6-17-2)5-13(14)16/h4-5,7-8,17H,3,6,9H2,1-2H3. The third-order valence-corrected chi connectivity index (χ3v) is 4.01. The number of rotatable bonds is 6. The molecular formula is C14H17Br2N3O. The zero-order valence-corrected chi connectivity index (χ0v) is 14.7. The molecule has 0 atom stereocenters. The Balaban J connectivity index is 2.09. The van der Waals surface area contributed by atoms with Gasteiger partial charge in [0.2, 0.25) is 0 Å². The summed E-state index contributed by atoms with van der Waals surface area (Å²) in [5.41, 5.74) is 2.25. The van der Waals surface area contributed by atoms with Crippen molar-refractivity contribution in [1.82, 2.24) is 15.1 Å². The van der Waals surface area contributed by atoms with Crippen LogP contribution < -0.4 is 10.1 Å². The molecule has 4 nitrogen and oxygen atoms in total. The average Bonchev–Trinajstić information content (AvgIpc) is 2.86. The molecule has 0 bridgehead atoms. The van der Waals surface area contributed by atoms with Crippen LogP contribution in [0.25, 0.3) is 0 Å². The minimum Gasteiger partial charge on any atom is -0.486 e. The maximum atomic E-state index is 5.88. The van der Waals surface area contributed by atoms with Crippen molar-refractivity contribution < 1.29 is 4.74 Å². The van der Waals surface area contributed by atoms with Crippen molar-refractivity contribution in [2.45, 2.75) is 26.6 Å². The van der Waals surface area contributed by atoms with E-state index in [-0.39, 0.29) is 0 Å². The first-order valence-electron chi connectivity index (χ1n) is 6.40. The lowest BCUT2D eigenvalue weighted by Crippen LogP contribution is -2.05. The van der Waals surface area contributed by atoms with Crippen molar-refractivity contribution >= 4 is 31.9 Å². The summed E-state index contributed by atoms with van der Waals surface area (Å²) in [4.78, 5) is 0. The highest BCUT2D eigenvalue weighted by Gasteiger charge is 2.09. The predicted molar refractivity (Wildman–Crippen MR) is 86.8 cm³/mol. The third kappa shape index (κ3) is 3.84. The first-order chi connectivity index (χ1) is 9.63. The smallest absolute Gasteiger partial charge is 0.148 e. The largest absolute Gasteiger partial charge is 0.486 e. The molecule has 0 spiro atoms. The molecule has 0 aliphatic rings. The Kier molecular flexibility index (Phi) is 5.63. The monoisotopic (exact) mass is 401 g/mol. The number of nitrogens with zero attached hydrogens (tertiary/aromatic N) is 2. The number of halogens is 2. The van der Waals surface area contributed by atoms with Gasteiger partial charge in [-0.15, -0.1) is 0 Å². The fourth-order valence-electron chi connectivity index (χ4n) is 1.87. The first kappa shape index (κ1) is 15.5. The zero-order valence-electron chi connectivity index (χ0n) is 11.5. The fourth-order valence-corrected chi connectivity index (χ4v) is 3.38. The van der Waals surface area contributed by atoms with Crippen LogP contribution in [0.3, 0.4) is 0 Å². The van der Waals surface area contributed by atoms with Gasteiger partial charge in [0.05, 0.1) is 15.1 Å². The second kappa shape index (κ2) is 7.24. The normalized spacial score (nSPS) is 10.8. The summed E-state index contributed by atoms with van der Waals surface area (Å²) in [6.45, 7) is 4.25. The Morgan fingerprint density at radius 1 is 1.25 bits per heavy atom. The molecule has 2 aromatic rings. The number of aromatic nitrogens is 2. The molecule has 2 rings (SSSR count). The van der Waals surface area contributed by atoms with Crippen LogP contribution in [0.4, 0.5) is 0 Å². The molecule has 1 aromatic carbocycles. The van der Waals surface area contributed by atoms with Crippen molar-refractivity contribution in [3.8, 4) is 5.75 Å². The predicted octanol–water partition coefficient (Wildman–Crippen LogP) is 3.73.